The molecule has 1 heteroatoms. The Morgan fingerprint density at radius 3 is 2.06 bits per heavy atom. The van der Waals surface area contributed by atoms with Crippen LogP contribution >= 0.6 is 0 Å². The summed E-state index contributed by atoms with van der Waals surface area (Å²) in [6, 6.07) is 19.9. The molecule has 1 nitrogen and oxygen atoms in total. The maximum absolute atomic E-state index is 5.38. The smallest absolute Gasteiger partial charge is 0.143 e. The van der Waals surface area contributed by atoms with Gasteiger partial charge in [0.15, 0.2) is 0 Å². The summed E-state index contributed by atoms with van der Waals surface area (Å²) in [5.74, 6) is 6.25. The van der Waals surface area contributed by atoms with Crippen molar-refractivity contribution in [1.29, 1.82) is 0 Å². The molecule has 1 atom stereocenters. The van der Waals surface area contributed by atoms with E-state index in [0.717, 1.165) is 11.1 Å². The maximum atomic E-state index is 5.38. The minimum atomic E-state index is -0.170. The van der Waals surface area contributed by atoms with Crippen LogP contribution in [0.3, 0.4) is 0 Å². The molecule has 84 valence electrons. The molecule has 2 rings (SSSR count). The van der Waals surface area contributed by atoms with Gasteiger partial charge in [0.1, 0.15) is 6.10 Å². The van der Waals surface area contributed by atoms with Crippen molar-refractivity contribution < 1.29 is 4.74 Å². The van der Waals surface area contributed by atoms with Crippen LogP contribution in [0.5, 0.6) is 0 Å². The molecular formula is C16H14O. The van der Waals surface area contributed by atoms with Crippen LogP contribution in [0.2, 0.25) is 0 Å². The average molecular weight is 222 g/mol. The van der Waals surface area contributed by atoms with Crippen molar-refractivity contribution in [3.63, 3.8) is 0 Å². The van der Waals surface area contributed by atoms with Gasteiger partial charge in [0.25, 0.3) is 0 Å². The van der Waals surface area contributed by atoms with Crippen LogP contribution < -0.4 is 0 Å². The van der Waals surface area contributed by atoms with E-state index < -0.39 is 0 Å². The van der Waals surface area contributed by atoms with Crippen LogP contribution in [0.1, 0.15) is 17.2 Å². The monoisotopic (exact) mass is 222 g/mol. The Labute approximate surface area is 102 Å². The Morgan fingerprint density at radius 1 is 0.882 bits per heavy atom. The second kappa shape index (κ2) is 5.89. The normalized spacial score (nSPS) is 11.4. The van der Waals surface area contributed by atoms with Crippen molar-refractivity contribution in [3.05, 3.63) is 71.8 Å². The van der Waals surface area contributed by atoms with Crippen LogP contribution in [-0.2, 0) is 4.74 Å². The summed E-state index contributed by atoms with van der Waals surface area (Å²) in [5, 5.41) is 0. The molecule has 0 aliphatic heterocycles. The van der Waals surface area contributed by atoms with E-state index in [9.17, 15) is 0 Å². The summed E-state index contributed by atoms with van der Waals surface area (Å²) >= 11 is 0. The first-order valence-electron chi connectivity index (χ1n) is 5.54. The van der Waals surface area contributed by atoms with Crippen molar-refractivity contribution in [2.24, 2.45) is 0 Å². The Morgan fingerprint density at radius 2 is 1.47 bits per heavy atom. The van der Waals surface area contributed by atoms with Gasteiger partial charge in [0.05, 0.1) is 0 Å². The molecule has 0 saturated heterocycles. The number of benzene rings is 2. The molecule has 0 fully saturated rings. The summed E-state index contributed by atoms with van der Waals surface area (Å²) in [6.45, 7) is 0. The predicted molar refractivity (Wildman–Crippen MR) is 69.5 cm³/mol. The maximum Gasteiger partial charge on any atom is 0.143 e. The Balaban J connectivity index is 2.20. The molecule has 0 aliphatic carbocycles. The highest BCUT2D eigenvalue weighted by Crippen LogP contribution is 2.14. The summed E-state index contributed by atoms with van der Waals surface area (Å²) in [7, 11) is 1.68. The zero-order chi connectivity index (χ0) is 11.9. The van der Waals surface area contributed by atoms with Crippen molar-refractivity contribution in [3.8, 4) is 11.8 Å². The third kappa shape index (κ3) is 3.21. The van der Waals surface area contributed by atoms with E-state index in [2.05, 4.69) is 11.8 Å². The second-order valence-electron chi connectivity index (χ2n) is 3.66. The fraction of sp³-hybridized carbons (Fsp3) is 0.125. The van der Waals surface area contributed by atoms with E-state index in [4.69, 9.17) is 4.74 Å². The zero-order valence-corrected chi connectivity index (χ0v) is 9.76. The van der Waals surface area contributed by atoms with Gasteiger partial charge in [-0.1, -0.05) is 60.4 Å². The summed E-state index contributed by atoms with van der Waals surface area (Å²) < 4.78 is 5.38. The van der Waals surface area contributed by atoms with Crippen LogP contribution in [0.15, 0.2) is 60.7 Å². The van der Waals surface area contributed by atoms with Crippen LogP contribution in [0, 0.1) is 11.8 Å². The van der Waals surface area contributed by atoms with E-state index in [1.807, 2.05) is 60.7 Å². The topological polar surface area (TPSA) is 9.23 Å². The van der Waals surface area contributed by atoms with Crippen molar-refractivity contribution >= 4 is 0 Å². The summed E-state index contributed by atoms with van der Waals surface area (Å²) in [5.41, 5.74) is 2.09. The van der Waals surface area contributed by atoms with Gasteiger partial charge >= 0.3 is 0 Å². The molecule has 1 unspecified atom stereocenters. The highest BCUT2D eigenvalue weighted by atomic mass is 16.5. The predicted octanol–water partition coefficient (Wildman–Crippen LogP) is 3.43. The van der Waals surface area contributed by atoms with Gasteiger partial charge in [-0.25, -0.2) is 0 Å². The van der Waals surface area contributed by atoms with Crippen molar-refractivity contribution in [1.82, 2.24) is 0 Å². The van der Waals surface area contributed by atoms with Crippen LogP contribution in [-0.4, -0.2) is 7.11 Å². The third-order valence-electron chi connectivity index (χ3n) is 2.46. The van der Waals surface area contributed by atoms with Gasteiger partial charge in [-0.2, -0.15) is 0 Å². The lowest BCUT2D eigenvalue weighted by Gasteiger charge is -2.07. The Hall–Kier alpha value is -2.04. The first-order valence-corrected chi connectivity index (χ1v) is 5.54. The molecule has 17 heavy (non-hydrogen) atoms. The van der Waals surface area contributed by atoms with Crippen molar-refractivity contribution in [2.75, 3.05) is 7.11 Å². The van der Waals surface area contributed by atoms with Gasteiger partial charge in [0.2, 0.25) is 0 Å². The van der Waals surface area contributed by atoms with E-state index in [1.54, 1.807) is 7.11 Å². The molecule has 0 radical (unpaired) electrons. The molecule has 0 spiro atoms. The average Bonchev–Trinajstić information content (AvgIpc) is 2.42. The largest absolute Gasteiger partial charge is 0.364 e. The molecule has 2 aromatic rings. The second-order valence-corrected chi connectivity index (χ2v) is 3.66. The molecule has 0 aliphatic rings. The molecule has 0 saturated carbocycles. The van der Waals surface area contributed by atoms with Gasteiger partial charge in [-0.3, -0.25) is 0 Å². The lowest BCUT2D eigenvalue weighted by molar-refractivity contribution is 0.150. The van der Waals surface area contributed by atoms with E-state index >= 15 is 0 Å². The Bertz CT molecular complexity index is 505. The first kappa shape index (κ1) is 11.4. The fourth-order valence-corrected chi connectivity index (χ4v) is 1.58. The fourth-order valence-electron chi connectivity index (χ4n) is 1.58. The van der Waals surface area contributed by atoms with Crippen LogP contribution in [0.25, 0.3) is 0 Å². The van der Waals surface area contributed by atoms with Gasteiger partial charge in [-0.05, 0) is 17.7 Å². The number of methoxy groups -OCH3 is 1. The SMILES string of the molecule is COC(C#Cc1ccccc1)c1ccccc1. The van der Waals surface area contributed by atoms with E-state index in [1.165, 1.54) is 0 Å². The molecular weight excluding hydrogens is 208 g/mol. The van der Waals surface area contributed by atoms with E-state index in [0.29, 0.717) is 0 Å². The molecule has 0 bridgehead atoms. The standard InChI is InChI=1S/C16H14O/c1-17-16(15-10-6-3-7-11-15)13-12-14-8-4-2-5-9-14/h2-11,16H,1H3. The van der Waals surface area contributed by atoms with Gasteiger partial charge in [0, 0.05) is 12.7 Å². The number of ether oxygens (including phenoxy) is 1. The third-order valence-corrected chi connectivity index (χ3v) is 2.46. The molecule has 0 amide bonds. The lowest BCUT2D eigenvalue weighted by Crippen LogP contribution is -1.97. The zero-order valence-electron chi connectivity index (χ0n) is 9.76. The minimum Gasteiger partial charge on any atom is -0.364 e. The molecule has 0 N–H and O–H groups in total. The van der Waals surface area contributed by atoms with Crippen LogP contribution in [0.4, 0.5) is 0 Å². The number of rotatable bonds is 2. The first-order chi connectivity index (χ1) is 8.40. The van der Waals surface area contributed by atoms with Gasteiger partial charge in [-0.15, -0.1) is 0 Å². The summed E-state index contributed by atoms with van der Waals surface area (Å²) in [6.07, 6.45) is -0.170. The number of hydrogen-bond donors (Lipinski definition) is 0. The van der Waals surface area contributed by atoms with Crippen molar-refractivity contribution in [2.45, 2.75) is 6.10 Å². The number of hydrogen-bond acceptors (Lipinski definition) is 1. The highest BCUT2D eigenvalue weighted by molar-refractivity contribution is 5.36. The van der Waals surface area contributed by atoms with Gasteiger partial charge < -0.3 is 4.74 Å². The minimum absolute atomic E-state index is 0.170. The Kier molecular flexibility index (Phi) is 3.96. The highest BCUT2D eigenvalue weighted by Gasteiger charge is 2.04. The lowest BCUT2D eigenvalue weighted by atomic mass is 10.1. The molecule has 0 aromatic heterocycles. The van der Waals surface area contributed by atoms with E-state index in [-0.39, 0.29) is 6.10 Å². The quantitative estimate of drug-likeness (QED) is 0.707. The summed E-state index contributed by atoms with van der Waals surface area (Å²) in [4.78, 5) is 0. The molecule has 0 heterocycles. The molecule has 2 aromatic carbocycles.